The predicted octanol–water partition coefficient (Wildman–Crippen LogP) is 0.981. The largest absolute Gasteiger partial charge is 0.481 e. The Balaban J connectivity index is 2.09. The number of rotatable bonds is 4. The number of nitrogens with zero attached hydrogens (tertiary/aromatic N) is 1. The highest BCUT2D eigenvalue weighted by atomic mass is 16.5. The molecule has 0 aromatic rings. The van der Waals surface area contributed by atoms with Crippen molar-refractivity contribution in [3.63, 3.8) is 0 Å². The molecule has 102 valence electrons. The van der Waals surface area contributed by atoms with E-state index in [4.69, 9.17) is 9.84 Å². The molecule has 0 aromatic carbocycles. The maximum absolute atomic E-state index is 12.4. The highest BCUT2D eigenvalue weighted by Gasteiger charge is 2.53. The summed E-state index contributed by atoms with van der Waals surface area (Å²) in [6, 6.07) is -0.309. The van der Waals surface area contributed by atoms with Crippen LogP contribution >= 0.6 is 0 Å². The Bertz CT molecular complexity index is 366. The van der Waals surface area contributed by atoms with Gasteiger partial charge in [-0.25, -0.2) is 0 Å². The van der Waals surface area contributed by atoms with E-state index >= 15 is 0 Å². The number of hydrogen-bond acceptors (Lipinski definition) is 3. The lowest BCUT2D eigenvalue weighted by atomic mass is 10.0. The molecule has 1 saturated heterocycles. The summed E-state index contributed by atoms with van der Waals surface area (Å²) in [6.07, 6.45) is 0.896. The Hall–Kier alpha value is -1.10. The van der Waals surface area contributed by atoms with E-state index < -0.39 is 11.9 Å². The van der Waals surface area contributed by atoms with Crippen LogP contribution in [-0.4, -0.2) is 47.7 Å². The second-order valence-electron chi connectivity index (χ2n) is 5.92. The van der Waals surface area contributed by atoms with Gasteiger partial charge in [-0.05, 0) is 18.8 Å². The van der Waals surface area contributed by atoms with Gasteiger partial charge in [-0.3, -0.25) is 9.59 Å². The van der Waals surface area contributed by atoms with Gasteiger partial charge in [-0.2, -0.15) is 0 Å². The Morgan fingerprint density at radius 2 is 2.00 bits per heavy atom. The van der Waals surface area contributed by atoms with Crippen molar-refractivity contribution in [2.75, 3.05) is 19.8 Å². The molecule has 5 nitrogen and oxygen atoms in total. The van der Waals surface area contributed by atoms with E-state index in [1.807, 2.05) is 6.92 Å². The Kier molecular flexibility index (Phi) is 3.36. The first-order valence-corrected chi connectivity index (χ1v) is 6.49. The molecule has 2 rings (SSSR count). The van der Waals surface area contributed by atoms with E-state index in [-0.39, 0.29) is 29.9 Å². The second-order valence-corrected chi connectivity index (χ2v) is 5.92. The van der Waals surface area contributed by atoms with Crippen molar-refractivity contribution in [2.24, 2.45) is 17.3 Å². The average molecular weight is 255 g/mol. The van der Waals surface area contributed by atoms with Crippen LogP contribution in [0.3, 0.4) is 0 Å². The zero-order valence-electron chi connectivity index (χ0n) is 11.2. The number of carboxylic acid groups (broad SMARTS) is 1. The minimum atomic E-state index is -0.876. The average Bonchev–Trinajstić information content (AvgIpc) is 2.75. The summed E-state index contributed by atoms with van der Waals surface area (Å²) in [5.74, 6) is -1.33. The summed E-state index contributed by atoms with van der Waals surface area (Å²) in [5, 5.41) is 9.15. The minimum Gasteiger partial charge on any atom is -0.481 e. The highest BCUT2D eigenvalue weighted by molar-refractivity contribution is 5.83. The third kappa shape index (κ3) is 2.23. The Morgan fingerprint density at radius 3 is 2.44 bits per heavy atom. The number of carboxylic acids is 1. The van der Waals surface area contributed by atoms with Gasteiger partial charge in [-0.15, -0.1) is 0 Å². The van der Waals surface area contributed by atoms with E-state index in [2.05, 4.69) is 13.8 Å². The van der Waals surface area contributed by atoms with Gasteiger partial charge in [0.2, 0.25) is 5.91 Å². The molecule has 1 heterocycles. The molecule has 2 aliphatic rings. The fourth-order valence-corrected chi connectivity index (χ4v) is 2.73. The molecule has 0 spiro atoms. The molecule has 18 heavy (non-hydrogen) atoms. The van der Waals surface area contributed by atoms with Crippen molar-refractivity contribution >= 4 is 11.9 Å². The van der Waals surface area contributed by atoms with Crippen molar-refractivity contribution in [3.05, 3.63) is 0 Å². The van der Waals surface area contributed by atoms with Crippen LogP contribution in [0.2, 0.25) is 0 Å². The Morgan fingerprint density at radius 1 is 1.39 bits per heavy atom. The lowest BCUT2D eigenvalue weighted by Gasteiger charge is -2.30. The molecule has 1 N–H and O–H groups in total. The van der Waals surface area contributed by atoms with Gasteiger partial charge in [0.25, 0.3) is 0 Å². The van der Waals surface area contributed by atoms with E-state index in [1.165, 1.54) is 0 Å². The molecular formula is C13H21NO4. The SMILES string of the molecule is CCN(C(=O)C1CC1(C)C)C1COCC1C(=O)O. The van der Waals surface area contributed by atoms with E-state index in [9.17, 15) is 9.59 Å². The number of carbonyl (C=O) groups excluding carboxylic acids is 1. The molecule has 2 fully saturated rings. The number of aliphatic carboxylic acids is 1. The zero-order valence-corrected chi connectivity index (χ0v) is 11.2. The van der Waals surface area contributed by atoms with Crippen LogP contribution in [0.1, 0.15) is 27.2 Å². The topological polar surface area (TPSA) is 66.8 Å². The molecule has 0 radical (unpaired) electrons. The summed E-state index contributed by atoms with van der Waals surface area (Å²) >= 11 is 0. The van der Waals surface area contributed by atoms with E-state index in [0.717, 1.165) is 6.42 Å². The quantitative estimate of drug-likeness (QED) is 0.813. The van der Waals surface area contributed by atoms with Crippen LogP contribution in [-0.2, 0) is 14.3 Å². The summed E-state index contributed by atoms with van der Waals surface area (Å²) < 4.78 is 5.24. The first-order chi connectivity index (χ1) is 8.38. The van der Waals surface area contributed by atoms with Crippen LogP contribution in [0.5, 0.6) is 0 Å². The predicted molar refractivity (Wildman–Crippen MR) is 65.0 cm³/mol. The molecule has 1 aliphatic carbocycles. The molecule has 3 unspecified atom stereocenters. The molecular weight excluding hydrogens is 234 g/mol. The maximum Gasteiger partial charge on any atom is 0.311 e. The third-order valence-corrected chi connectivity index (χ3v) is 4.20. The van der Waals surface area contributed by atoms with Gasteiger partial charge in [0.05, 0.1) is 19.3 Å². The fraction of sp³-hybridized carbons (Fsp3) is 0.846. The number of ether oxygens (including phenoxy) is 1. The summed E-state index contributed by atoms with van der Waals surface area (Å²) in [4.78, 5) is 25.2. The molecule has 1 aliphatic heterocycles. The molecule has 1 saturated carbocycles. The van der Waals surface area contributed by atoms with Crippen LogP contribution in [0.4, 0.5) is 0 Å². The van der Waals surface area contributed by atoms with E-state index in [1.54, 1.807) is 4.90 Å². The fourth-order valence-electron chi connectivity index (χ4n) is 2.73. The van der Waals surface area contributed by atoms with Crippen molar-refractivity contribution in [1.29, 1.82) is 0 Å². The lowest BCUT2D eigenvalue weighted by molar-refractivity contribution is -0.145. The van der Waals surface area contributed by atoms with Crippen molar-refractivity contribution < 1.29 is 19.4 Å². The number of carbonyl (C=O) groups is 2. The number of hydrogen-bond donors (Lipinski definition) is 1. The first kappa shape index (κ1) is 13.3. The molecule has 3 atom stereocenters. The van der Waals surface area contributed by atoms with Crippen LogP contribution in [0, 0.1) is 17.3 Å². The van der Waals surface area contributed by atoms with Gasteiger partial charge in [0.1, 0.15) is 5.92 Å². The number of likely N-dealkylation sites (N-methyl/N-ethyl adjacent to an activating group) is 1. The third-order valence-electron chi connectivity index (χ3n) is 4.20. The Labute approximate surface area is 107 Å². The summed E-state index contributed by atoms with van der Waals surface area (Å²) in [6.45, 7) is 7.13. The molecule has 5 heteroatoms. The van der Waals surface area contributed by atoms with Crippen molar-refractivity contribution in [2.45, 2.75) is 33.2 Å². The molecule has 1 amide bonds. The zero-order chi connectivity index (χ0) is 13.5. The van der Waals surface area contributed by atoms with Crippen LogP contribution in [0.25, 0.3) is 0 Å². The van der Waals surface area contributed by atoms with Crippen molar-refractivity contribution in [3.8, 4) is 0 Å². The van der Waals surface area contributed by atoms with Gasteiger partial charge >= 0.3 is 5.97 Å². The lowest BCUT2D eigenvalue weighted by Crippen LogP contribution is -2.47. The van der Waals surface area contributed by atoms with E-state index in [0.29, 0.717) is 13.2 Å². The highest BCUT2D eigenvalue weighted by Crippen LogP contribution is 2.52. The van der Waals surface area contributed by atoms with Crippen molar-refractivity contribution in [1.82, 2.24) is 4.90 Å². The first-order valence-electron chi connectivity index (χ1n) is 6.49. The monoisotopic (exact) mass is 255 g/mol. The van der Waals surface area contributed by atoms with Gasteiger partial charge in [0, 0.05) is 12.5 Å². The maximum atomic E-state index is 12.4. The minimum absolute atomic E-state index is 0.0486. The molecule has 0 aromatic heterocycles. The smallest absolute Gasteiger partial charge is 0.311 e. The standard InChI is InChI=1S/C13H21NO4/c1-4-14(11(15)9-5-13(9,2)3)10-7-18-6-8(10)12(16)17/h8-10H,4-7H2,1-3H3,(H,16,17). The van der Waals surface area contributed by atoms with Gasteiger partial charge in [0.15, 0.2) is 0 Å². The summed E-state index contributed by atoms with van der Waals surface area (Å²) in [7, 11) is 0. The van der Waals surface area contributed by atoms with Gasteiger partial charge in [-0.1, -0.05) is 13.8 Å². The van der Waals surface area contributed by atoms with Gasteiger partial charge < -0.3 is 14.7 Å². The summed E-state index contributed by atoms with van der Waals surface area (Å²) in [5.41, 5.74) is 0.0721. The second kappa shape index (κ2) is 4.53. The van der Waals surface area contributed by atoms with Crippen LogP contribution in [0.15, 0.2) is 0 Å². The normalized spacial score (nSPS) is 33.2. The molecule has 0 bridgehead atoms. The number of amides is 1. The van der Waals surface area contributed by atoms with Crippen LogP contribution < -0.4 is 0 Å².